The minimum Gasteiger partial charge on any atom is -0.465 e. The number of rotatable bonds is 11. The molecule has 0 saturated carbocycles. The Bertz CT molecular complexity index is 236. The smallest absolute Gasteiger partial charge is 0.404 e. The van der Waals surface area contributed by atoms with E-state index in [-0.39, 0.29) is 11.6 Å². The van der Waals surface area contributed by atoms with Gasteiger partial charge in [0.05, 0.1) is 6.04 Å². The van der Waals surface area contributed by atoms with Crippen LogP contribution in [-0.2, 0) is 0 Å². The quantitative estimate of drug-likeness (QED) is 0.534. The van der Waals surface area contributed by atoms with Gasteiger partial charge in [-0.05, 0) is 19.3 Å². The van der Waals surface area contributed by atoms with E-state index >= 15 is 0 Å². The van der Waals surface area contributed by atoms with Gasteiger partial charge in [-0.2, -0.15) is 0 Å². The van der Waals surface area contributed by atoms with Gasteiger partial charge in [0.25, 0.3) is 0 Å². The third-order valence-electron chi connectivity index (χ3n) is 3.83. The molecule has 114 valence electrons. The molecule has 4 heteroatoms. The van der Waals surface area contributed by atoms with Crippen LogP contribution in [0.3, 0.4) is 0 Å². The average Bonchev–Trinajstić information content (AvgIpc) is 2.38. The maximum Gasteiger partial charge on any atom is 0.404 e. The summed E-state index contributed by atoms with van der Waals surface area (Å²) in [6.45, 7) is 6.41. The molecule has 0 saturated heterocycles. The summed E-state index contributed by atoms with van der Waals surface area (Å²) in [5.74, 6) is 0. The Morgan fingerprint density at radius 3 is 1.95 bits per heavy atom. The van der Waals surface area contributed by atoms with Crippen molar-refractivity contribution in [3.8, 4) is 0 Å². The number of hydrogen-bond donors (Lipinski definition) is 3. The second kappa shape index (κ2) is 10.1. The first kappa shape index (κ1) is 18.2. The normalized spacial score (nSPS) is 13.3. The fourth-order valence-electron chi connectivity index (χ4n) is 2.55. The lowest BCUT2D eigenvalue weighted by Crippen LogP contribution is -2.58. The van der Waals surface area contributed by atoms with Crippen LogP contribution in [0.25, 0.3) is 0 Å². The number of nitrogens with one attached hydrogen (secondary N) is 1. The minimum absolute atomic E-state index is 0.122. The van der Waals surface area contributed by atoms with Crippen molar-refractivity contribution >= 4 is 6.09 Å². The summed E-state index contributed by atoms with van der Waals surface area (Å²) < 4.78 is 0. The second-order valence-corrected chi connectivity index (χ2v) is 5.58. The summed E-state index contributed by atoms with van der Waals surface area (Å²) in [6, 6.07) is -0.122. The van der Waals surface area contributed by atoms with Crippen molar-refractivity contribution in [3.05, 3.63) is 0 Å². The van der Waals surface area contributed by atoms with E-state index in [1.807, 2.05) is 0 Å². The molecule has 0 bridgehead atoms. The summed E-state index contributed by atoms with van der Waals surface area (Å²) >= 11 is 0. The van der Waals surface area contributed by atoms with Crippen molar-refractivity contribution in [3.63, 3.8) is 0 Å². The van der Waals surface area contributed by atoms with Crippen LogP contribution in [0.2, 0.25) is 0 Å². The van der Waals surface area contributed by atoms with Crippen LogP contribution in [0.15, 0.2) is 0 Å². The summed E-state index contributed by atoms with van der Waals surface area (Å²) in [5.41, 5.74) is 6.19. The molecule has 0 aliphatic heterocycles. The molecule has 1 amide bonds. The van der Waals surface area contributed by atoms with Gasteiger partial charge in [0.2, 0.25) is 0 Å². The Hall–Kier alpha value is -0.770. The molecular formula is C15H32N2O2. The molecule has 0 rings (SSSR count). The molecule has 19 heavy (non-hydrogen) atoms. The summed E-state index contributed by atoms with van der Waals surface area (Å²) in [4.78, 5) is 11.0. The van der Waals surface area contributed by atoms with Crippen LogP contribution in [0, 0.1) is 0 Å². The maximum absolute atomic E-state index is 11.0. The molecule has 0 aromatic rings. The fraction of sp³-hybridized carbons (Fsp3) is 0.933. The van der Waals surface area contributed by atoms with E-state index in [2.05, 4.69) is 26.1 Å². The first-order valence-corrected chi connectivity index (χ1v) is 7.78. The molecule has 1 atom stereocenters. The molecule has 0 radical (unpaired) electrons. The van der Waals surface area contributed by atoms with Crippen molar-refractivity contribution in [1.82, 2.24) is 5.32 Å². The zero-order chi connectivity index (χ0) is 14.7. The van der Waals surface area contributed by atoms with Gasteiger partial charge in [-0.1, -0.05) is 59.3 Å². The highest BCUT2D eigenvalue weighted by Crippen LogP contribution is 2.26. The van der Waals surface area contributed by atoms with Gasteiger partial charge in [-0.3, -0.25) is 0 Å². The van der Waals surface area contributed by atoms with E-state index in [0.717, 1.165) is 57.8 Å². The van der Waals surface area contributed by atoms with E-state index in [0.29, 0.717) is 0 Å². The van der Waals surface area contributed by atoms with Crippen LogP contribution >= 0.6 is 0 Å². The minimum atomic E-state index is -0.955. The number of amides is 1. The molecule has 0 aromatic heterocycles. The van der Waals surface area contributed by atoms with Crippen molar-refractivity contribution in [2.75, 3.05) is 0 Å². The molecule has 0 aliphatic carbocycles. The predicted molar refractivity (Wildman–Crippen MR) is 80.4 cm³/mol. The Balaban J connectivity index is 4.79. The van der Waals surface area contributed by atoms with E-state index < -0.39 is 6.09 Å². The number of carboxylic acid groups (broad SMARTS) is 1. The molecule has 1 unspecified atom stereocenters. The molecule has 4 N–H and O–H groups in total. The van der Waals surface area contributed by atoms with E-state index in [9.17, 15) is 4.79 Å². The highest BCUT2D eigenvalue weighted by molar-refractivity contribution is 5.65. The molecule has 4 nitrogen and oxygen atoms in total. The van der Waals surface area contributed by atoms with Gasteiger partial charge in [0, 0.05) is 5.54 Å². The van der Waals surface area contributed by atoms with Crippen LogP contribution in [-0.4, -0.2) is 22.8 Å². The van der Waals surface area contributed by atoms with Crippen molar-refractivity contribution in [2.24, 2.45) is 5.73 Å². The molecular weight excluding hydrogens is 240 g/mol. The predicted octanol–water partition coefficient (Wildman–Crippen LogP) is 3.89. The van der Waals surface area contributed by atoms with E-state index in [4.69, 9.17) is 10.8 Å². The summed E-state index contributed by atoms with van der Waals surface area (Å²) in [6.07, 6.45) is 8.08. The molecule has 0 spiro atoms. The standard InChI is InChI=1S/C15H32N2O2/c1-4-7-10-13(17-14(18)19)15(16,11-8-5-2)12-9-6-3/h13,17H,4-12,16H2,1-3H3,(H,18,19). The van der Waals surface area contributed by atoms with Crippen LogP contribution < -0.4 is 11.1 Å². The van der Waals surface area contributed by atoms with Gasteiger partial charge in [0.1, 0.15) is 0 Å². The Labute approximate surface area is 118 Å². The van der Waals surface area contributed by atoms with Crippen molar-refractivity contribution in [1.29, 1.82) is 0 Å². The molecule has 0 aliphatic rings. The zero-order valence-electron chi connectivity index (χ0n) is 12.9. The highest BCUT2D eigenvalue weighted by atomic mass is 16.4. The molecule has 0 fully saturated rings. The number of hydrogen-bond acceptors (Lipinski definition) is 2. The van der Waals surface area contributed by atoms with Crippen molar-refractivity contribution < 1.29 is 9.90 Å². The number of nitrogens with two attached hydrogens (primary N) is 1. The third-order valence-corrected chi connectivity index (χ3v) is 3.83. The first-order valence-electron chi connectivity index (χ1n) is 7.78. The van der Waals surface area contributed by atoms with E-state index in [1.165, 1.54) is 0 Å². The van der Waals surface area contributed by atoms with Crippen LogP contribution in [0.4, 0.5) is 4.79 Å². The van der Waals surface area contributed by atoms with Gasteiger partial charge < -0.3 is 16.2 Å². The topological polar surface area (TPSA) is 75.3 Å². The lowest BCUT2D eigenvalue weighted by atomic mass is 9.79. The monoisotopic (exact) mass is 272 g/mol. The number of carbonyl (C=O) groups is 1. The maximum atomic E-state index is 11.0. The molecule has 0 heterocycles. The first-order chi connectivity index (χ1) is 9.00. The third kappa shape index (κ3) is 7.41. The molecule has 0 aromatic carbocycles. The van der Waals surface area contributed by atoms with Crippen LogP contribution in [0.1, 0.15) is 78.6 Å². The Morgan fingerprint density at radius 2 is 1.58 bits per heavy atom. The van der Waals surface area contributed by atoms with Crippen LogP contribution in [0.5, 0.6) is 0 Å². The van der Waals surface area contributed by atoms with Crippen molar-refractivity contribution in [2.45, 2.75) is 90.1 Å². The van der Waals surface area contributed by atoms with Gasteiger partial charge in [0.15, 0.2) is 0 Å². The summed E-state index contributed by atoms with van der Waals surface area (Å²) in [5, 5.41) is 11.7. The van der Waals surface area contributed by atoms with E-state index in [1.54, 1.807) is 0 Å². The van der Waals surface area contributed by atoms with Gasteiger partial charge >= 0.3 is 6.09 Å². The lowest BCUT2D eigenvalue weighted by molar-refractivity contribution is 0.170. The fourth-order valence-corrected chi connectivity index (χ4v) is 2.55. The Kier molecular flexibility index (Phi) is 9.66. The Morgan fingerprint density at radius 1 is 1.11 bits per heavy atom. The number of unbranched alkanes of at least 4 members (excludes halogenated alkanes) is 3. The lowest BCUT2D eigenvalue weighted by Gasteiger charge is -2.38. The second-order valence-electron chi connectivity index (χ2n) is 5.58. The average molecular weight is 272 g/mol. The highest BCUT2D eigenvalue weighted by Gasteiger charge is 2.34. The summed E-state index contributed by atoms with van der Waals surface area (Å²) in [7, 11) is 0. The SMILES string of the molecule is CCCCC(NC(=O)O)C(N)(CCCC)CCCC. The zero-order valence-corrected chi connectivity index (χ0v) is 12.9. The van der Waals surface area contributed by atoms with Gasteiger partial charge in [-0.25, -0.2) is 4.79 Å². The van der Waals surface area contributed by atoms with Gasteiger partial charge in [-0.15, -0.1) is 0 Å². The largest absolute Gasteiger partial charge is 0.465 e.